The summed E-state index contributed by atoms with van der Waals surface area (Å²) in [6, 6.07) is 3.20. The summed E-state index contributed by atoms with van der Waals surface area (Å²) in [6.45, 7) is 3.55. The number of carbonyl (C=O) groups excluding carboxylic acids is 1. The van der Waals surface area contributed by atoms with Crippen LogP contribution in [0.1, 0.15) is 21.7 Å². The lowest BCUT2D eigenvalue weighted by atomic mass is 10.1. The molecule has 0 fully saturated rings. The van der Waals surface area contributed by atoms with E-state index in [1.54, 1.807) is 26.0 Å². The third kappa shape index (κ3) is 2.95. The van der Waals surface area contributed by atoms with Crippen molar-refractivity contribution in [2.24, 2.45) is 0 Å². The number of nitrogens with zero attached hydrogens (tertiary/aromatic N) is 1. The third-order valence-electron chi connectivity index (χ3n) is 3.08. The Morgan fingerprint density at radius 2 is 1.90 bits per heavy atom. The molecule has 1 aromatic carbocycles. The summed E-state index contributed by atoms with van der Waals surface area (Å²) in [5.74, 6) is 0.656. The number of hydrogen-bond acceptors (Lipinski definition) is 4. The topological polar surface area (TPSA) is 76.2 Å². The monoisotopic (exact) mass is 309 g/mol. The average molecular weight is 310 g/mol. The number of methoxy groups -OCH3 is 2. The van der Waals surface area contributed by atoms with E-state index in [0.717, 1.165) is 0 Å². The SMILES string of the molecule is COc1cc(OC)c(NC(=O)c2c(C)n[nH]c2C)cc1Cl. The van der Waals surface area contributed by atoms with Crippen molar-refractivity contribution < 1.29 is 14.3 Å². The van der Waals surface area contributed by atoms with Gasteiger partial charge in [-0.05, 0) is 19.9 Å². The zero-order valence-corrected chi connectivity index (χ0v) is 13.0. The molecule has 0 atom stereocenters. The number of nitrogens with one attached hydrogen (secondary N) is 2. The lowest BCUT2D eigenvalue weighted by molar-refractivity contribution is 0.102. The molecule has 1 heterocycles. The molecule has 0 bridgehead atoms. The number of rotatable bonds is 4. The van der Waals surface area contributed by atoms with E-state index in [4.69, 9.17) is 21.1 Å². The Labute approximate surface area is 127 Å². The Hall–Kier alpha value is -2.21. The lowest BCUT2D eigenvalue weighted by Crippen LogP contribution is -2.14. The molecular weight excluding hydrogens is 294 g/mol. The smallest absolute Gasteiger partial charge is 0.259 e. The summed E-state index contributed by atoms with van der Waals surface area (Å²) in [7, 11) is 3.02. The van der Waals surface area contributed by atoms with Crippen LogP contribution in [0.2, 0.25) is 5.02 Å². The minimum absolute atomic E-state index is 0.279. The maximum absolute atomic E-state index is 12.3. The molecule has 0 unspecified atom stereocenters. The van der Waals surface area contributed by atoms with Gasteiger partial charge in [-0.15, -0.1) is 0 Å². The predicted molar refractivity (Wildman–Crippen MR) is 80.6 cm³/mol. The van der Waals surface area contributed by atoms with E-state index in [9.17, 15) is 4.79 Å². The highest BCUT2D eigenvalue weighted by atomic mass is 35.5. The second-order valence-corrected chi connectivity index (χ2v) is 4.86. The van der Waals surface area contributed by atoms with Crippen LogP contribution in [-0.4, -0.2) is 30.3 Å². The summed E-state index contributed by atoms with van der Waals surface area (Å²) < 4.78 is 10.4. The molecule has 1 amide bonds. The number of hydrogen-bond donors (Lipinski definition) is 2. The van der Waals surface area contributed by atoms with Crippen molar-refractivity contribution in [3.05, 3.63) is 34.1 Å². The highest BCUT2D eigenvalue weighted by Crippen LogP contribution is 2.36. The fourth-order valence-corrected chi connectivity index (χ4v) is 2.27. The van der Waals surface area contributed by atoms with Crippen LogP contribution in [0.3, 0.4) is 0 Å². The van der Waals surface area contributed by atoms with Crippen molar-refractivity contribution in [2.75, 3.05) is 19.5 Å². The van der Waals surface area contributed by atoms with Crippen molar-refractivity contribution in [3.8, 4) is 11.5 Å². The Morgan fingerprint density at radius 1 is 1.24 bits per heavy atom. The highest BCUT2D eigenvalue weighted by molar-refractivity contribution is 6.32. The molecule has 7 heteroatoms. The molecule has 21 heavy (non-hydrogen) atoms. The van der Waals surface area contributed by atoms with Gasteiger partial charge < -0.3 is 14.8 Å². The predicted octanol–water partition coefficient (Wildman–Crippen LogP) is 2.95. The van der Waals surface area contributed by atoms with E-state index < -0.39 is 0 Å². The third-order valence-corrected chi connectivity index (χ3v) is 3.37. The normalized spacial score (nSPS) is 10.3. The number of aryl methyl sites for hydroxylation is 2. The molecule has 0 aliphatic rings. The standard InChI is InChI=1S/C14H16ClN3O3/c1-7-13(8(2)18-17-7)14(19)16-10-5-9(15)11(20-3)6-12(10)21-4/h5-6H,1-4H3,(H,16,19)(H,17,18). The Balaban J connectivity index is 2.35. The van der Waals surface area contributed by atoms with Crippen LogP contribution in [0, 0.1) is 13.8 Å². The van der Waals surface area contributed by atoms with E-state index >= 15 is 0 Å². The first kappa shape index (κ1) is 15.2. The molecule has 112 valence electrons. The quantitative estimate of drug-likeness (QED) is 0.910. The minimum atomic E-state index is -0.279. The molecule has 1 aromatic heterocycles. The number of carbonyl (C=O) groups is 1. The van der Waals surface area contributed by atoms with E-state index in [1.807, 2.05) is 0 Å². The fraction of sp³-hybridized carbons (Fsp3) is 0.286. The van der Waals surface area contributed by atoms with Crippen molar-refractivity contribution in [1.29, 1.82) is 0 Å². The van der Waals surface area contributed by atoms with Gasteiger partial charge in [0, 0.05) is 11.8 Å². The number of ether oxygens (including phenoxy) is 2. The number of aromatic amines is 1. The molecule has 0 saturated heterocycles. The molecule has 0 aliphatic heterocycles. The largest absolute Gasteiger partial charge is 0.495 e. The Bertz CT molecular complexity index is 663. The molecule has 2 rings (SSSR count). The molecule has 0 radical (unpaired) electrons. The second-order valence-electron chi connectivity index (χ2n) is 4.45. The van der Waals surface area contributed by atoms with Gasteiger partial charge in [-0.2, -0.15) is 5.10 Å². The fourth-order valence-electron chi connectivity index (χ4n) is 2.03. The molecule has 6 nitrogen and oxygen atoms in total. The average Bonchev–Trinajstić information content (AvgIpc) is 2.78. The Kier molecular flexibility index (Phi) is 4.37. The first-order valence-electron chi connectivity index (χ1n) is 6.22. The molecule has 2 N–H and O–H groups in total. The highest BCUT2D eigenvalue weighted by Gasteiger charge is 2.18. The maximum atomic E-state index is 12.3. The van der Waals surface area contributed by atoms with Gasteiger partial charge in [0.15, 0.2) is 0 Å². The molecule has 0 aliphatic carbocycles. The van der Waals surface area contributed by atoms with Crippen molar-refractivity contribution in [3.63, 3.8) is 0 Å². The van der Waals surface area contributed by atoms with E-state index in [0.29, 0.717) is 39.2 Å². The molecule has 2 aromatic rings. The number of aromatic nitrogens is 2. The minimum Gasteiger partial charge on any atom is -0.495 e. The van der Waals surface area contributed by atoms with Crippen LogP contribution in [0.25, 0.3) is 0 Å². The van der Waals surface area contributed by atoms with Gasteiger partial charge >= 0.3 is 0 Å². The van der Waals surface area contributed by atoms with Gasteiger partial charge in [-0.3, -0.25) is 9.89 Å². The van der Waals surface area contributed by atoms with Crippen LogP contribution < -0.4 is 14.8 Å². The van der Waals surface area contributed by atoms with Crippen LogP contribution in [0.5, 0.6) is 11.5 Å². The number of halogens is 1. The first-order valence-corrected chi connectivity index (χ1v) is 6.60. The van der Waals surface area contributed by atoms with Gasteiger partial charge in [0.1, 0.15) is 11.5 Å². The summed E-state index contributed by atoms with van der Waals surface area (Å²) in [5.41, 5.74) is 2.30. The van der Waals surface area contributed by atoms with Gasteiger partial charge in [0.2, 0.25) is 0 Å². The lowest BCUT2D eigenvalue weighted by Gasteiger charge is -2.13. The number of H-pyrrole nitrogens is 1. The van der Waals surface area contributed by atoms with Gasteiger partial charge in [-0.1, -0.05) is 11.6 Å². The summed E-state index contributed by atoms with van der Waals surface area (Å²) in [4.78, 5) is 12.3. The van der Waals surface area contributed by atoms with Crippen molar-refractivity contribution >= 4 is 23.2 Å². The number of benzene rings is 1. The number of anilines is 1. The maximum Gasteiger partial charge on any atom is 0.259 e. The summed E-state index contributed by atoms with van der Waals surface area (Å²) >= 11 is 6.08. The van der Waals surface area contributed by atoms with Crippen LogP contribution >= 0.6 is 11.6 Å². The van der Waals surface area contributed by atoms with E-state index in [-0.39, 0.29) is 5.91 Å². The van der Waals surface area contributed by atoms with Crippen LogP contribution in [0.15, 0.2) is 12.1 Å². The van der Waals surface area contributed by atoms with Gasteiger partial charge in [0.05, 0.1) is 36.2 Å². The number of amides is 1. The summed E-state index contributed by atoms with van der Waals surface area (Å²) in [5, 5.41) is 9.93. The molecular formula is C14H16ClN3O3. The second kappa shape index (κ2) is 6.05. The Morgan fingerprint density at radius 3 is 2.43 bits per heavy atom. The van der Waals surface area contributed by atoms with E-state index in [2.05, 4.69) is 15.5 Å². The van der Waals surface area contributed by atoms with Gasteiger partial charge in [0.25, 0.3) is 5.91 Å². The van der Waals surface area contributed by atoms with Crippen LogP contribution in [-0.2, 0) is 0 Å². The van der Waals surface area contributed by atoms with Crippen molar-refractivity contribution in [1.82, 2.24) is 10.2 Å². The van der Waals surface area contributed by atoms with Crippen LogP contribution in [0.4, 0.5) is 5.69 Å². The molecule has 0 spiro atoms. The van der Waals surface area contributed by atoms with Gasteiger partial charge in [-0.25, -0.2) is 0 Å². The first-order chi connectivity index (χ1) is 9.97. The van der Waals surface area contributed by atoms with E-state index in [1.165, 1.54) is 14.2 Å². The zero-order chi connectivity index (χ0) is 15.6. The molecule has 0 saturated carbocycles. The zero-order valence-electron chi connectivity index (χ0n) is 12.2. The van der Waals surface area contributed by atoms with Crippen molar-refractivity contribution in [2.45, 2.75) is 13.8 Å². The summed E-state index contributed by atoms with van der Waals surface area (Å²) in [6.07, 6.45) is 0.